The smallest absolute Gasteiger partial charge is 0.335 e. The Hall–Kier alpha value is -2.13. The van der Waals surface area contributed by atoms with E-state index < -0.39 is 21.9 Å². The van der Waals surface area contributed by atoms with Gasteiger partial charge in [0, 0.05) is 13.1 Å². The molecule has 1 aromatic rings. The van der Waals surface area contributed by atoms with Crippen molar-refractivity contribution in [2.75, 3.05) is 31.3 Å². The van der Waals surface area contributed by atoms with Gasteiger partial charge in [0.2, 0.25) is 15.9 Å². The fourth-order valence-electron chi connectivity index (χ4n) is 2.75. The summed E-state index contributed by atoms with van der Waals surface area (Å²) in [6.07, 6.45) is 1.21. The molecule has 8 nitrogen and oxygen atoms in total. The summed E-state index contributed by atoms with van der Waals surface area (Å²) in [5.74, 6) is -1.62. The molecule has 0 spiro atoms. The van der Waals surface area contributed by atoms with E-state index >= 15 is 0 Å². The number of carbonyl (C=O) groups is 2. The molecular weight excluding hydrogens is 348 g/mol. The zero-order valence-corrected chi connectivity index (χ0v) is 15.0. The number of sulfonamides is 1. The molecule has 0 saturated carbocycles. The van der Waals surface area contributed by atoms with Crippen LogP contribution in [0.2, 0.25) is 0 Å². The number of rotatable bonds is 6. The van der Waals surface area contributed by atoms with Crippen molar-refractivity contribution >= 4 is 27.6 Å². The van der Waals surface area contributed by atoms with Crippen molar-refractivity contribution in [2.24, 2.45) is 5.92 Å². The lowest BCUT2D eigenvalue weighted by molar-refractivity contribution is -0.120. The minimum Gasteiger partial charge on any atom is -0.495 e. The van der Waals surface area contributed by atoms with Gasteiger partial charge >= 0.3 is 5.97 Å². The monoisotopic (exact) mass is 370 g/mol. The number of carbonyl (C=O) groups excluding carboxylic acids is 1. The topological polar surface area (TPSA) is 113 Å². The minimum absolute atomic E-state index is 0.00577. The van der Waals surface area contributed by atoms with Crippen LogP contribution >= 0.6 is 0 Å². The van der Waals surface area contributed by atoms with Crippen molar-refractivity contribution in [2.45, 2.75) is 19.8 Å². The van der Waals surface area contributed by atoms with Gasteiger partial charge in [0.1, 0.15) is 5.75 Å². The highest BCUT2D eigenvalue weighted by Crippen LogP contribution is 2.27. The van der Waals surface area contributed by atoms with E-state index in [0.717, 1.165) is 0 Å². The van der Waals surface area contributed by atoms with Crippen LogP contribution in [0.5, 0.6) is 5.75 Å². The Morgan fingerprint density at radius 1 is 1.40 bits per heavy atom. The maximum atomic E-state index is 12.5. The lowest BCUT2D eigenvalue weighted by Crippen LogP contribution is -2.44. The lowest BCUT2D eigenvalue weighted by atomic mass is 9.98. The van der Waals surface area contributed by atoms with Crippen LogP contribution in [-0.2, 0) is 14.8 Å². The number of anilines is 1. The first-order chi connectivity index (χ1) is 11.8. The molecule has 0 radical (unpaired) electrons. The third-order valence-electron chi connectivity index (χ3n) is 4.22. The average molecular weight is 370 g/mol. The van der Waals surface area contributed by atoms with Gasteiger partial charge in [-0.1, -0.05) is 0 Å². The molecule has 1 aliphatic rings. The highest BCUT2D eigenvalue weighted by Gasteiger charge is 2.31. The van der Waals surface area contributed by atoms with Crippen molar-refractivity contribution in [3.05, 3.63) is 23.8 Å². The third kappa shape index (κ3) is 4.49. The zero-order valence-electron chi connectivity index (χ0n) is 14.2. The molecule has 1 aliphatic heterocycles. The van der Waals surface area contributed by atoms with Crippen molar-refractivity contribution in [1.82, 2.24) is 4.31 Å². The van der Waals surface area contributed by atoms with E-state index in [4.69, 9.17) is 9.84 Å². The van der Waals surface area contributed by atoms with Crippen molar-refractivity contribution in [1.29, 1.82) is 0 Å². The highest BCUT2D eigenvalue weighted by atomic mass is 32.2. The second-order valence-corrected chi connectivity index (χ2v) is 8.06. The fourth-order valence-corrected chi connectivity index (χ4v) is 3.93. The molecule has 1 atom stereocenters. The minimum atomic E-state index is -3.33. The number of benzene rings is 1. The summed E-state index contributed by atoms with van der Waals surface area (Å²) in [5, 5.41) is 11.7. The van der Waals surface area contributed by atoms with Gasteiger partial charge in [-0.05, 0) is 38.0 Å². The third-order valence-corrected chi connectivity index (χ3v) is 6.07. The normalized spacial score (nSPS) is 18.6. The van der Waals surface area contributed by atoms with E-state index in [1.807, 2.05) is 0 Å². The van der Waals surface area contributed by atoms with Gasteiger partial charge in [-0.15, -0.1) is 0 Å². The molecule has 0 bridgehead atoms. The summed E-state index contributed by atoms with van der Waals surface area (Å²) in [5.41, 5.74) is 0.403. The van der Waals surface area contributed by atoms with Crippen molar-refractivity contribution in [3.8, 4) is 5.75 Å². The highest BCUT2D eigenvalue weighted by molar-refractivity contribution is 7.89. The maximum absolute atomic E-state index is 12.5. The largest absolute Gasteiger partial charge is 0.495 e. The van der Waals surface area contributed by atoms with Crippen LogP contribution in [-0.4, -0.2) is 55.7 Å². The van der Waals surface area contributed by atoms with Gasteiger partial charge < -0.3 is 15.2 Å². The molecule has 25 heavy (non-hydrogen) atoms. The van der Waals surface area contributed by atoms with Crippen LogP contribution in [0.15, 0.2) is 18.2 Å². The summed E-state index contributed by atoms with van der Waals surface area (Å²) in [6, 6.07) is 4.16. The van der Waals surface area contributed by atoms with Crippen LogP contribution in [0.1, 0.15) is 30.1 Å². The predicted molar refractivity (Wildman–Crippen MR) is 92.3 cm³/mol. The molecular formula is C16H22N2O6S. The number of ether oxygens (including phenoxy) is 1. The Morgan fingerprint density at radius 2 is 2.12 bits per heavy atom. The number of methoxy groups -OCH3 is 1. The number of nitrogens with one attached hydrogen (secondary N) is 1. The first-order valence-corrected chi connectivity index (χ1v) is 9.59. The van der Waals surface area contributed by atoms with E-state index in [9.17, 15) is 18.0 Å². The van der Waals surface area contributed by atoms with Crippen LogP contribution in [0.3, 0.4) is 0 Å². The molecule has 138 valence electrons. The number of nitrogens with zero attached hydrogens (tertiary/aromatic N) is 1. The van der Waals surface area contributed by atoms with Crippen LogP contribution < -0.4 is 10.1 Å². The predicted octanol–water partition coefficient (Wildman–Crippen LogP) is 1.39. The number of aromatic carboxylic acids is 1. The number of carboxylic acid groups (broad SMARTS) is 1. The number of piperidine rings is 1. The van der Waals surface area contributed by atoms with E-state index in [1.54, 1.807) is 6.92 Å². The Labute approximate surface area is 146 Å². The van der Waals surface area contributed by atoms with Gasteiger partial charge in [-0.25, -0.2) is 17.5 Å². The van der Waals surface area contributed by atoms with Crippen molar-refractivity contribution < 1.29 is 27.9 Å². The van der Waals surface area contributed by atoms with Gasteiger partial charge in [-0.3, -0.25) is 4.79 Å². The van der Waals surface area contributed by atoms with Gasteiger partial charge in [-0.2, -0.15) is 0 Å². The molecule has 1 heterocycles. The maximum Gasteiger partial charge on any atom is 0.335 e. The number of amides is 1. The summed E-state index contributed by atoms with van der Waals surface area (Å²) >= 11 is 0. The Morgan fingerprint density at radius 3 is 2.72 bits per heavy atom. The first kappa shape index (κ1) is 19.2. The fraction of sp³-hybridized carbons (Fsp3) is 0.500. The summed E-state index contributed by atoms with van der Waals surface area (Å²) in [4.78, 5) is 23.5. The molecule has 1 unspecified atom stereocenters. The van der Waals surface area contributed by atoms with E-state index in [1.165, 1.54) is 29.6 Å². The van der Waals surface area contributed by atoms with Crippen LogP contribution in [0, 0.1) is 5.92 Å². The van der Waals surface area contributed by atoms with E-state index in [0.29, 0.717) is 25.1 Å². The van der Waals surface area contributed by atoms with Crippen LogP contribution in [0.25, 0.3) is 0 Å². The number of hydrogen-bond donors (Lipinski definition) is 2. The molecule has 2 N–H and O–H groups in total. The Balaban J connectivity index is 2.13. The molecule has 0 aliphatic carbocycles. The summed E-state index contributed by atoms with van der Waals surface area (Å²) in [7, 11) is -1.94. The molecule has 1 amide bonds. The lowest BCUT2D eigenvalue weighted by Gasteiger charge is -2.31. The first-order valence-electron chi connectivity index (χ1n) is 7.98. The van der Waals surface area contributed by atoms with E-state index in [-0.39, 0.29) is 29.5 Å². The van der Waals surface area contributed by atoms with E-state index in [2.05, 4.69) is 5.32 Å². The molecule has 9 heteroatoms. The van der Waals surface area contributed by atoms with Crippen molar-refractivity contribution in [3.63, 3.8) is 0 Å². The number of carboxylic acids is 1. The molecule has 2 rings (SSSR count). The number of hydrogen-bond acceptors (Lipinski definition) is 5. The average Bonchev–Trinajstić information content (AvgIpc) is 2.61. The van der Waals surface area contributed by atoms with Gasteiger partial charge in [0.05, 0.1) is 30.0 Å². The van der Waals surface area contributed by atoms with Crippen LogP contribution in [0.4, 0.5) is 5.69 Å². The standard InChI is InChI=1S/C16H22N2O6S/c1-3-25(22,23)18-8-4-5-12(10-18)15(19)17-13-7-6-11(16(20)21)9-14(13)24-2/h6-7,9,12H,3-5,8,10H2,1-2H3,(H,17,19)(H,20,21). The van der Waals surface area contributed by atoms with Gasteiger partial charge in [0.25, 0.3) is 0 Å². The molecule has 1 fully saturated rings. The second kappa shape index (κ2) is 7.83. The zero-order chi connectivity index (χ0) is 18.6. The molecule has 1 saturated heterocycles. The molecule has 1 aromatic carbocycles. The quantitative estimate of drug-likeness (QED) is 0.782. The Kier molecular flexibility index (Phi) is 6.02. The second-order valence-electron chi connectivity index (χ2n) is 5.81. The van der Waals surface area contributed by atoms with Gasteiger partial charge in [0.15, 0.2) is 0 Å². The Bertz CT molecular complexity index is 762. The summed E-state index contributed by atoms with van der Waals surface area (Å²) in [6.45, 7) is 2.15. The molecule has 0 aromatic heterocycles. The SMILES string of the molecule is CCS(=O)(=O)N1CCCC(C(=O)Nc2ccc(C(=O)O)cc2OC)C1. The summed E-state index contributed by atoms with van der Waals surface area (Å²) < 4.78 is 30.5.